The normalized spacial score (nSPS) is 27.5. The minimum Gasteiger partial charge on any atom is -0.378 e. The molecule has 0 saturated heterocycles. The predicted octanol–water partition coefficient (Wildman–Crippen LogP) is 3.78. The minimum absolute atomic E-state index is 0.0107. The van der Waals surface area contributed by atoms with Gasteiger partial charge in [0.25, 0.3) is 0 Å². The van der Waals surface area contributed by atoms with Gasteiger partial charge in [0.15, 0.2) is 0 Å². The summed E-state index contributed by atoms with van der Waals surface area (Å²) in [7, 11) is 0. The molecule has 2 rings (SSSR count). The summed E-state index contributed by atoms with van der Waals surface area (Å²) in [5.41, 5.74) is 6.96. The van der Waals surface area contributed by atoms with Crippen LogP contribution in [0.5, 0.6) is 0 Å². The summed E-state index contributed by atoms with van der Waals surface area (Å²) in [6.45, 7) is 5.23. The Morgan fingerprint density at radius 2 is 1.84 bits per heavy atom. The van der Waals surface area contributed by atoms with Crippen molar-refractivity contribution in [2.75, 3.05) is 11.9 Å². The Kier molecular flexibility index (Phi) is 4.46. The van der Waals surface area contributed by atoms with Crippen molar-refractivity contribution in [1.29, 1.82) is 0 Å². The van der Waals surface area contributed by atoms with Gasteiger partial charge in [0.05, 0.1) is 0 Å². The van der Waals surface area contributed by atoms with Gasteiger partial charge in [-0.05, 0) is 61.8 Å². The lowest BCUT2D eigenvalue weighted by atomic mass is 9.72. The number of hydrogen-bond donors (Lipinski definition) is 2. The highest BCUT2D eigenvalue weighted by Gasteiger charge is 2.34. The Hall–Kier alpha value is -1.09. The molecule has 1 fully saturated rings. The second kappa shape index (κ2) is 5.91. The van der Waals surface area contributed by atoms with Crippen molar-refractivity contribution >= 4 is 5.69 Å². The third-order valence-corrected chi connectivity index (χ3v) is 4.57. The topological polar surface area (TPSA) is 38.0 Å². The van der Waals surface area contributed by atoms with Crippen molar-refractivity contribution in [3.05, 3.63) is 30.1 Å². The Morgan fingerprint density at radius 1 is 1.26 bits per heavy atom. The summed E-state index contributed by atoms with van der Waals surface area (Å²) < 4.78 is 12.9. The molecule has 1 aromatic rings. The van der Waals surface area contributed by atoms with Gasteiger partial charge in [-0.1, -0.05) is 13.8 Å². The van der Waals surface area contributed by atoms with E-state index in [4.69, 9.17) is 5.73 Å². The van der Waals surface area contributed by atoms with Crippen LogP contribution in [0, 0.1) is 17.7 Å². The fraction of sp³-hybridized carbons (Fsp3) is 0.625. The van der Waals surface area contributed by atoms with Crippen molar-refractivity contribution < 1.29 is 4.39 Å². The highest BCUT2D eigenvalue weighted by Crippen LogP contribution is 2.37. The molecule has 0 aliphatic heterocycles. The first kappa shape index (κ1) is 14.3. The number of anilines is 1. The van der Waals surface area contributed by atoms with E-state index in [0.717, 1.165) is 30.4 Å². The van der Waals surface area contributed by atoms with Crippen LogP contribution >= 0.6 is 0 Å². The predicted molar refractivity (Wildman–Crippen MR) is 78.6 cm³/mol. The monoisotopic (exact) mass is 264 g/mol. The van der Waals surface area contributed by atoms with E-state index in [2.05, 4.69) is 19.2 Å². The van der Waals surface area contributed by atoms with E-state index in [-0.39, 0.29) is 11.4 Å². The van der Waals surface area contributed by atoms with E-state index < -0.39 is 0 Å². The zero-order valence-electron chi connectivity index (χ0n) is 12.0. The molecule has 0 unspecified atom stereocenters. The molecule has 0 radical (unpaired) electrons. The molecule has 0 atom stereocenters. The summed E-state index contributed by atoms with van der Waals surface area (Å²) >= 11 is 0. The fourth-order valence-corrected chi connectivity index (χ4v) is 3.08. The summed E-state index contributed by atoms with van der Waals surface area (Å²) in [5.74, 6) is 1.37. The van der Waals surface area contributed by atoms with Crippen LogP contribution in [-0.4, -0.2) is 12.1 Å². The fourth-order valence-electron chi connectivity index (χ4n) is 3.08. The molecule has 1 aliphatic carbocycles. The molecule has 3 N–H and O–H groups in total. The van der Waals surface area contributed by atoms with Gasteiger partial charge in [0.1, 0.15) is 5.82 Å². The number of nitrogens with one attached hydrogen (secondary N) is 1. The molecule has 1 aromatic carbocycles. The molecular formula is C16H25FN2. The largest absolute Gasteiger partial charge is 0.378 e. The molecule has 0 aromatic heterocycles. The summed E-state index contributed by atoms with van der Waals surface area (Å²) in [5, 5.41) is 3.54. The number of rotatable bonds is 4. The zero-order valence-corrected chi connectivity index (χ0v) is 12.0. The average Bonchev–Trinajstić information content (AvgIpc) is 2.42. The first-order chi connectivity index (χ1) is 9.04. The zero-order chi connectivity index (χ0) is 13.9. The van der Waals surface area contributed by atoms with Crippen LogP contribution in [0.1, 0.15) is 39.5 Å². The molecule has 0 bridgehead atoms. The minimum atomic E-state index is -0.198. The van der Waals surface area contributed by atoms with Crippen molar-refractivity contribution in [1.82, 2.24) is 0 Å². The second-order valence-corrected chi connectivity index (χ2v) is 6.20. The summed E-state index contributed by atoms with van der Waals surface area (Å²) in [6.07, 6.45) is 4.65. The molecular weight excluding hydrogens is 239 g/mol. The van der Waals surface area contributed by atoms with E-state index in [0.29, 0.717) is 6.54 Å². The maximum Gasteiger partial charge on any atom is 0.123 e. The van der Waals surface area contributed by atoms with Crippen LogP contribution < -0.4 is 11.1 Å². The first-order valence-corrected chi connectivity index (χ1v) is 7.28. The molecule has 0 heterocycles. The molecule has 0 amide bonds. The van der Waals surface area contributed by atoms with Crippen molar-refractivity contribution in [2.24, 2.45) is 17.6 Å². The quantitative estimate of drug-likeness (QED) is 0.868. The highest BCUT2D eigenvalue weighted by atomic mass is 19.1. The smallest absolute Gasteiger partial charge is 0.123 e. The van der Waals surface area contributed by atoms with Crippen LogP contribution in [0.2, 0.25) is 0 Å². The molecule has 106 valence electrons. The number of benzene rings is 1. The van der Waals surface area contributed by atoms with Gasteiger partial charge in [-0.2, -0.15) is 0 Å². The maximum absolute atomic E-state index is 12.9. The van der Waals surface area contributed by atoms with Gasteiger partial charge in [-0.15, -0.1) is 0 Å². The van der Waals surface area contributed by atoms with E-state index in [1.807, 2.05) is 0 Å². The third kappa shape index (κ3) is 3.47. The van der Waals surface area contributed by atoms with Crippen molar-refractivity contribution in [3.8, 4) is 0 Å². The molecule has 3 heteroatoms. The van der Waals surface area contributed by atoms with E-state index in [1.165, 1.54) is 25.0 Å². The number of hydrogen-bond acceptors (Lipinski definition) is 2. The Balaban J connectivity index is 2.02. The van der Waals surface area contributed by atoms with Crippen molar-refractivity contribution in [3.63, 3.8) is 0 Å². The lowest BCUT2D eigenvalue weighted by Gasteiger charge is -2.42. The van der Waals surface area contributed by atoms with Gasteiger partial charge in [-0.25, -0.2) is 4.39 Å². The Bertz CT molecular complexity index is 392. The van der Waals surface area contributed by atoms with E-state index in [1.54, 1.807) is 12.1 Å². The van der Waals surface area contributed by atoms with Gasteiger partial charge in [0, 0.05) is 17.8 Å². The standard InChI is InChI=1S/C16H25FN2/c1-12(2)13-7-9-16(11-18,10-8-13)19-15-5-3-14(17)4-6-15/h3-6,12-13,19H,7-11,18H2,1-2H3. The molecule has 19 heavy (non-hydrogen) atoms. The van der Waals surface area contributed by atoms with Gasteiger partial charge < -0.3 is 11.1 Å². The van der Waals surface area contributed by atoms with Crippen LogP contribution in [0.25, 0.3) is 0 Å². The second-order valence-electron chi connectivity index (χ2n) is 6.20. The summed E-state index contributed by atoms with van der Waals surface area (Å²) in [6, 6.07) is 6.57. The van der Waals surface area contributed by atoms with Crippen LogP contribution in [0.3, 0.4) is 0 Å². The summed E-state index contributed by atoms with van der Waals surface area (Å²) in [4.78, 5) is 0. The number of nitrogens with two attached hydrogens (primary N) is 1. The number of halogens is 1. The Labute approximate surface area is 115 Å². The van der Waals surface area contributed by atoms with Crippen LogP contribution in [0.15, 0.2) is 24.3 Å². The average molecular weight is 264 g/mol. The lowest BCUT2D eigenvalue weighted by molar-refractivity contribution is 0.213. The molecule has 0 spiro atoms. The maximum atomic E-state index is 12.9. The molecule has 2 nitrogen and oxygen atoms in total. The third-order valence-electron chi connectivity index (χ3n) is 4.57. The van der Waals surface area contributed by atoms with Gasteiger partial charge in [-0.3, -0.25) is 0 Å². The van der Waals surface area contributed by atoms with E-state index >= 15 is 0 Å². The lowest BCUT2D eigenvalue weighted by Crippen LogP contribution is -2.48. The van der Waals surface area contributed by atoms with Crippen LogP contribution in [-0.2, 0) is 0 Å². The van der Waals surface area contributed by atoms with E-state index in [9.17, 15) is 4.39 Å². The molecule has 1 aliphatic rings. The molecule has 1 saturated carbocycles. The Morgan fingerprint density at radius 3 is 2.32 bits per heavy atom. The van der Waals surface area contributed by atoms with Gasteiger partial charge >= 0.3 is 0 Å². The highest BCUT2D eigenvalue weighted by molar-refractivity contribution is 5.45. The van der Waals surface area contributed by atoms with Gasteiger partial charge in [0.2, 0.25) is 0 Å². The van der Waals surface area contributed by atoms with Crippen LogP contribution in [0.4, 0.5) is 10.1 Å². The first-order valence-electron chi connectivity index (χ1n) is 7.28. The van der Waals surface area contributed by atoms with Crippen molar-refractivity contribution in [2.45, 2.75) is 45.1 Å². The SMILES string of the molecule is CC(C)C1CCC(CN)(Nc2ccc(F)cc2)CC1.